The van der Waals surface area contributed by atoms with Crippen LogP contribution in [0.1, 0.15) is 21.8 Å². The van der Waals surface area contributed by atoms with Crippen molar-refractivity contribution in [2.24, 2.45) is 0 Å². The first kappa shape index (κ1) is 17.6. The van der Waals surface area contributed by atoms with E-state index in [1.165, 1.54) is 18.2 Å². The molecule has 0 unspecified atom stereocenters. The second kappa shape index (κ2) is 7.32. The highest BCUT2D eigenvalue weighted by molar-refractivity contribution is 6.30. The summed E-state index contributed by atoms with van der Waals surface area (Å²) in [4.78, 5) is 26.6. The minimum absolute atomic E-state index is 0.0692. The summed E-state index contributed by atoms with van der Waals surface area (Å²) in [5.41, 5.74) is 1.07. The summed E-state index contributed by atoms with van der Waals surface area (Å²) in [5, 5.41) is 15.3. The number of carbonyl (C=O) groups excluding carboxylic acids is 1. The van der Waals surface area contributed by atoms with Crippen molar-refractivity contribution in [2.45, 2.75) is 13.5 Å². The van der Waals surface area contributed by atoms with Crippen molar-refractivity contribution in [2.75, 3.05) is 0 Å². The van der Waals surface area contributed by atoms with Crippen molar-refractivity contribution >= 4 is 23.3 Å². The zero-order valence-electron chi connectivity index (χ0n) is 13.5. The molecule has 0 atom stereocenters. The third kappa shape index (κ3) is 3.86. The maximum absolute atomic E-state index is 12.1. The van der Waals surface area contributed by atoms with Crippen LogP contribution in [0.3, 0.4) is 0 Å². The number of hydrogen-bond donors (Lipinski definition) is 0. The topological polar surface area (TPSA) is 108 Å². The van der Waals surface area contributed by atoms with E-state index in [4.69, 9.17) is 20.9 Å². The number of nitro benzene ring substituents is 1. The Morgan fingerprint density at radius 1 is 1.27 bits per heavy atom. The van der Waals surface area contributed by atoms with Crippen molar-refractivity contribution in [1.29, 1.82) is 0 Å². The van der Waals surface area contributed by atoms with Gasteiger partial charge in [-0.25, -0.2) is 4.79 Å². The number of nitro groups is 1. The van der Waals surface area contributed by atoms with Crippen LogP contribution in [0.4, 0.5) is 5.69 Å². The quantitative estimate of drug-likeness (QED) is 0.378. The Balaban J connectivity index is 1.68. The molecule has 0 radical (unpaired) electrons. The molecule has 26 heavy (non-hydrogen) atoms. The number of nitrogens with zero attached hydrogens (tertiary/aromatic N) is 3. The van der Waals surface area contributed by atoms with Crippen LogP contribution in [0, 0.1) is 17.0 Å². The van der Waals surface area contributed by atoms with E-state index in [1.807, 2.05) is 0 Å². The van der Waals surface area contributed by atoms with E-state index < -0.39 is 10.9 Å². The summed E-state index contributed by atoms with van der Waals surface area (Å²) < 4.78 is 10.1. The molecule has 0 saturated heterocycles. The molecule has 0 bridgehead atoms. The summed E-state index contributed by atoms with van der Waals surface area (Å²) in [5.74, 6) is -0.289. The first-order chi connectivity index (χ1) is 12.4. The van der Waals surface area contributed by atoms with Crippen molar-refractivity contribution in [1.82, 2.24) is 10.1 Å². The van der Waals surface area contributed by atoms with Gasteiger partial charge >= 0.3 is 5.97 Å². The second-order valence-electron chi connectivity index (χ2n) is 5.35. The number of esters is 1. The van der Waals surface area contributed by atoms with Gasteiger partial charge in [-0.1, -0.05) is 22.8 Å². The van der Waals surface area contributed by atoms with Gasteiger partial charge in [0.25, 0.3) is 11.6 Å². The highest BCUT2D eigenvalue weighted by Gasteiger charge is 2.17. The second-order valence-corrected chi connectivity index (χ2v) is 5.79. The molecule has 1 heterocycles. The number of halogens is 1. The Hall–Kier alpha value is -3.26. The van der Waals surface area contributed by atoms with Gasteiger partial charge < -0.3 is 9.26 Å². The van der Waals surface area contributed by atoms with E-state index in [0.29, 0.717) is 22.0 Å². The SMILES string of the molecule is Cc1ccc(C(=O)OCc2nc(-c3ccc(Cl)cc3)no2)cc1[N+](=O)[O-]. The molecule has 0 aliphatic carbocycles. The lowest BCUT2D eigenvalue weighted by atomic mass is 10.1. The largest absolute Gasteiger partial charge is 0.452 e. The van der Waals surface area contributed by atoms with Gasteiger partial charge in [0.1, 0.15) is 0 Å². The molecular weight excluding hydrogens is 362 g/mol. The predicted molar refractivity (Wildman–Crippen MR) is 91.7 cm³/mol. The van der Waals surface area contributed by atoms with E-state index in [0.717, 1.165) is 0 Å². The Bertz CT molecular complexity index is 969. The first-order valence-electron chi connectivity index (χ1n) is 7.45. The van der Waals surface area contributed by atoms with Gasteiger partial charge in [-0.3, -0.25) is 10.1 Å². The standard InChI is InChI=1S/C17H12ClN3O5/c1-10-2-3-12(8-14(10)21(23)24)17(22)25-9-15-19-16(20-26-15)11-4-6-13(18)7-5-11/h2-8H,9H2,1H3. The number of rotatable bonds is 5. The minimum Gasteiger partial charge on any atom is -0.452 e. The summed E-state index contributed by atoms with van der Waals surface area (Å²) in [6, 6.07) is 11.0. The minimum atomic E-state index is -0.723. The molecule has 9 heteroatoms. The molecule has 0 N–H and O–H groups in total. The molecule has 0 amide bonds. The molecule has 2 aromatic carbocycles. The van der Waals surface area contributed by atoms with E-state index in [1.54, 1.807) is 31.2 Å². The van der Waals surface area contributed by atoms with Gasteiger partial charge in [-0.2, -0.15) is 4.98 Å². The fraction of sp³-hybridized carbons (Fsp3) is 0.118. The fourth-order valence-corrected chi connectivity index (χ4v) is 2.30. The molecule has 0 aliphatic heterocycles. The molecule has 0 saturated carbocycles. The van der Waals surface area contributed by atoms with Crippen molar-refractivity contribution < 1.29 is 19.0 Å². The maximum Gasteiger partial charge on any atom is 0.338 e. The smallest absolute Gasteiger partial charge is 0.338 e. The molecule has 0 spiro atoms. The molecular formula is C17H12ClN3O5. The third-order valence-corrected chi connectivity index (χ3v) is 3.79. The van der Waals surface area contributed by atoms with Crippen molar-refractivity contribution in [3.8, 4) is 11.4 Å². The van der Waals surface area contributed by atoms with Crippen LogP contribution in [-0.4, -0.2) is 21.0 Å². The van der Waals surface area contributed by atoms with Gasteiger partial charge in [0.05, 0.1) is 10.5 Å². The number of ether oxygens (including phenoxy) is 1. The summed E-state index contributed by atoms with van der Waals surface area (Å²) in [6.07, 6.45) is 0. The Morgan fingerprint density at radius 2 is 2.00 bits per heavy atom. The average molecular weight is 374 g/mol. The van der Waals surface area contributed by atoms with E-state index in [2.05, 4.69) is 10.1 Å². The molecule has 3 rings (SSSR count). The molecule has 8 nitrogen and oxygen atoms in total. The molecule has 0 aliphatic rings. The van der Waals surface area contributed by atoms with Gasteiger partial charge in [0, 0.05) is 22.2 Å². The Morgan fingerprint density at radius 3 is 2.69 bits per heavy atom. The molecule has 1 aromatic heterocycles. The van der Waals surface area contributed by atoms with Gasteiger partial charge in [-0.15, -0.1) is 0 Å². The van der Waals surface area contributed by atoms with E-state index in [9.17, 15) is 14.9 Å². The van der Waals surface area contributed by atoms with Crippen LogP contribution < -0.4 is 0 Å². The van der Waals surface area contributed by atoms with Crippen LogP contribution in [0.15, 0.2) is 47.0 Å². The highest BCUT2D eigenvalue weighted by atomic mass is 35.5. The van der Waals surface area contributed by atoms with Crippen LogP contribution >= 0.6 is 11.6 Å². The lowest BCUT2D eigenvalue weighted by molar-refractivity contribution is -0.385. The monoisotopic (exact) mass is 373 g/mol. The molecule has 132 valence electrons. The number of hydrogen-bond acceptors (Lipinski definition) is 7. The third-order valence-electron chi connectivity index (χ3n) is 3.54. The maximum atomic E-state index is 12.1. The van der Waals surface area contributed by atoms with Crippen molar-refractivity contribution in [3.05, 3.63) is 74.6 Å². The summed E-state index contributed by atoms with van der Waals surface area (Å²) >= 11 is 5.82. The average Bonchev–Trinajstić information content (AvgIpc) is 3.09. The lowest BCUT2D eigenvalue weighted by Gasteiger charge is -2.03. The highest BCUT2D eigenvalue weighted by Crippen LogP contribution is 2.21. The Labute approximate surface area is 152 Å². The number of aromatic nitrogens is 2. The van der Waals surface area contributed by atoms with Gasteiger partial charge in [0.15, 0.2) is 6.61 Å². The number of carbonyl (C=O) groups is 1. The zero-order chi connectivity index (χ0) is 18.7. The van der Waals surface area contributed by atoms with Crippen LogP contribution in [-0.2, 0) is 11.3 Å². The number of aryl methyl sites for hydroxylation is 1. The fourth-order valence-electron chi connectivity index (χ4n) is 2.17. The van der Waals surface area contributed by atoms with E-state index in [-0.39, 0.29) is 23.7 Å². The van der Waals surface area contributed by atoms with Gasteiger partial charge in [0.2, 0.25) is 5.82 Å². The predicted octanol–water partition coefficient (Wildman–Crippen LogP) is 3.96. The summed E-state index contributed by atoms with van der Waals surface area (Å²) in [6.45, 7) is 1.34. The zero-order valence-corrected chi connectivity index (χ0v) is 14.3. The summed E-state index contributed by atoms with van der Waals surface area (Å²) in [7, 11) is 0. The first-order valence-corrected chi connectivity index (χ1v) is 7.82. The number of benzene rings is 2. The van der Waals surface area contributed by atoms with E-state index >= 15 is 0 Å². The Kier molecular flexibility index (Phi) is 4.94. The molecule has 0 fully saturated rings. The van der Waals surface area contributed by atoms with Crippen LogP contribution in [0.5, 0.6) is 0 Å². The lowest BCUT2D eigenvalue weighted by Crippen LogP contribution is -2.06. The van der Waals surface area contributed by atoms with Gasteiger partial charge in [-0.05, 0) is 37.3 Å². The molecule has 3 aromatic rings. The normalized spacial score (nSPS) is 10.5. The van der Waals surface area contributed by atoms with Crippen molar-refractivity contribution in [3.63, 3.8) is 0 Å². The van der Waals surface area contributed by atoms with Crippen LogP contribution in [0.25, 0.3) is 11.4 Å². The van der Waals surface area contributed by atoms with Crippen LogP contribution in [0.2, 0.25) is 5.02 Å².